The van der Waals surface area contributed by atoms with Gasteiger partial charge in [-0.3, -0.25) is 4.79 Å². The van der Waals surface area contributed by atoms with E-state index < -0.39 is 11.7 Å². The van der Waals surface area contributed by atoms with Crippen LogP contribution in [0.5, 0.6) is 0 Å². The van der Waals surface area contributed by atoms with Crippen LogP contribution in [-0.4, -0.2) is 23.9 Å². The van der Waals surface area contributed by atoms with E-state index >= 15 is 0 Å². The number of nitrogens with zero attached hydrogens (tertiary/aromatic N) is 1. The van der Waals surface area contributed by atoms with Gasteiger partial charge in [-0.1, -0.05) is 90.9 Å². The number of alkyl halides is 3. The Morgan fingerprint density at radius 1 is 0.677 bits per heavy atom. The van der Waals surface area contributed by atoms with Crippen molar-refractivity contribution in [3.05, 3.63) is 35.4 Å². The van der Waals surface area contributed by atoms with Crippen molar-refractivity contribution < 1.29 is 18.0 Å². The third kappa shape index (κ3) is 12.2. The first-order valence-corrected chi connectivity index (χ1v) is 12.4. The molecule has 2 nitrogen and oxygen atoms in total. The van der Waals surface area contributed by atoms with Gasteiger partial charge in [-0.25, -0.2) is 0 Å². The van der Waals surface area contributed by atoms with Crippen LogP contribution in [0, 0.1) is 0 Å². The maximum atomic E-state index is 13.0. The summed E-state index contributed by atoms with van der Waals surface area (Å²) in [5.41, 5.74) is -0.367. The molecule has 1 aromatic rings. The van der Waals surface area contributed by atoms with E-state index in [1.165, 1.54) is 76.3 Å². The number of benzene rings is 1. The van der Waals surface area contributed by atoms with Gasteiger partial charge in [-0.2, -0.15) is 13.2 Å². The monoisotopic (exact) mass is 441 g/mol. The third-order valence-electron chi connectivity index (χ3n) is 5.81. The summed E-state index contributed by atoms with van der Waals surface area (Å²) in [6.45, 7) is 5.77. The molecule has 0 unspecified atom stereocenters. The van der Waals surface area contributed by atoms with Crippen LogP contribution in [0.4, 0.5) is 13.2 Å². The molecule has 0 N–H and O–H groups in total. The fourth-order valence-corrected chi connectivity index (χ4v) is 3.82. The molecule has 0 atom stereocenters. The van der Waals surface area contributed by atoms with Crippen LogP contribution >= 0.6 is 0 Å². The molecule has 1 aromatic carbocycles. The van der Waals surface area contributed by atoms with Crippen LogP contribution in [0.3, 0.4) is 0 Å². The average molecular weight is 442 g/mol. The Morgan fingerprint density at radius 3 is 1.45 bits per heavy atom. The second kappa shape index (κ2) is 16.2. The zero-order chi connectivity index (χ0) is 23.0. The number of hydrogen-bond donors (Lipinski definition) is 0. The van der Waals surface area contributed by atoms with Crippen molar-refractivity contribution in [3.8, 4) is 0 Å². The predicted molar refractivity (Wildman–Crippen MR) is 123 cm³/mol. The SMILES string of the molecule is CCCCCCCCCN(CCCCCCCCC)C(=O)c1ccc(C(F)(F)F)cc1. The van der Waals surface area contributed by atoms with Crippen molar-refractivity contribution in [1.82, 2.24) is 4.90 Å². The number of halogens is 3. The van der Waals surface area contributed by atoms with Crippen LogP contribution in [0.25, 0.3) is 0 Å². The summed E-state index contributed by atoms with van der Waals surface area (Å²) in [5, 5.41) is 0. The van der Waals surface area contributed by atoms with Crippen LogP contribution < -0.4 is 0 Å². The molecule has 0 radical (unpaired) electrons. The van der Waals surface area contributed by atoms with Gasteiger partial charge >= 0.3 is 6.18 Å². The van der Waals surface area contributed by atoms with Crippen LogP contribution in [0.15, 0.2) is 24.3 Å². The number of amides is 1. The van der Waals surface area contributed by atoms with Gasteiger partial charge in [0.15, 0.2) is 0 Å². The lowest BCUT2D eigenvalue weighted by molar-refractivity contribution is -0.137. The fourth-order valence-electron chi connectivity index (χ4n) is 3.82. The highest BCUT2D eigenvalue weighted by molar-refractivity contribution is 5.94. The normalized spacial score (nSPS) is 11.6. The van der Waals surface area contributed by atoms with E-state index in [0.717, 1.165) is 37.8 Å². The molecule has 1 rings (SSSR count). The zero-order valence-electron chi connectivity index (χ0n) is 19.6. The average Bonchev–Trinajstić information content (AvgIpc) is 2.75. The Balaban J connectivity index is 2.56. The first-order valence-electron chi connectivity index (χ1n) is 12.4. The maximum absolute atomic E-state index is 13.0. The van der Waals surface area contributed by atoms with Gasteiger partial charge in [0.05, 0.1) is 5.56 Å². The van der Waals surface area contributed by atoms with Crippen LogP contribution in [-0.2, 0) is 6.18 Å². The lowest BCUT2D eigenvalue weighted by Gasteiger charge is -2.23. The molecule has 0 aliphatic heterocycles. The molecular weight excluding hydrogens is 399 g/mol. The van der Waals surface area contributed by atoms with E-state index in [0.29, 0.717) is 18.7 Å². The Kier molecular flexibility index (Phi) is 14.3. The van der Waals surface area contributed by atoms with Gasteiger partial charge in [-0.15, -0.1) is 0 Å². The van der Waals surface area contributed by atoms with E-state index in [1.807, 2.05) is 4.90 Å². The summed E-state index contributed by atoms with van der Waals surface area (Å²) in [6, 6.07) is 4.64. The molecule has 1 amide bonds. The molecule has 0 heterocycles. The Morgan fingerprint density at radius 2 is 1.06 bits per heavy atom. The van der Waals surface area contributed by atoms with Gasteiger partial charge in [0.25, 0.3) is 5.91 Å². The van der Waals surface area contributed by atoms with E-state index in [9.17, 15) is 18.0 Å². The molecule has 0 fully saturated rings. The minimum absolute atomic E-state index is 0.148. The second-order valence-corrected chi connectivity index (χ2v) is 8.61. The number of carbonyl (C=O) groups excluding carboxylic acids is 1. The Bertz CT molecular complexity index is 565. The summed E-state index contributed by atoms with van der Waals surface area (Å²) in [5.74, 6) is -0.148. The molecule has 0 saturated carbocycles. The first kappa shape index (κ1) is 27.5. The highest BCUT2D eigenvalue weighted by atomic mass is 19.4. The molecule has 5 heteroatoms. The van der Waals surface area contributed by atoms with Crippen LogP contribution in [0.2, 0.25) is 0 Å². The number of rotatable bonds is 17. The molecule has 0 spiro atoms. The molecule has 0 aliphatic carbocycles. The molecule has 178 valence electrons. The lowest BCUT2D eigenvalue weighted by atomic mass is 10.1. The van der Waals surface area contributed by atoms with Gasteiger partial charge in [0.1, 0.15) is 0 Å². The summed E-state index contributed by atoms with van der Waals surface area (Å²) >= 11 is 0. The highest BCUT2D eigenvalue weighted by Gasteiger charge is 2.30. The van der Waals surface area contributed by atoms with E-state index in [-0.39, 0.29) is 5.91 Å². The standard InChI is InChI=1S/C26H42F3NO/c1-3-5-7-9-11-13-15-21-30(22-16-14-12-10-8-6-4-2)25(31)23-17-19-24(20-18-23)26(27,28)29/h17-20H,3-16,21-22H2,1-2H3. The molecule has 0 bridgehead atoms. The number of unbranched alkanes of at least 4 members (excludes halogenated alkanes) is 12. The topological polar surface area (TPSA) is 20.3 Å². The van der Waals surface area contributed by atoms with Gasteiger partial charge < -0.3 is 4.90 Å². The van der Waals surface area contributed by atoms with Crippen molar-refractivity contribution in [2.75, 3.05) is 13.1 Å². The molecule has 0 saturated heterocycles. The van der Waals surface area contributed by atoms with E-state index in [2.05, 4.69) is 13.8 Å². The molecule has 0 aliphatic rings. The smallest absolute Gasteiger partial charge is 0.339 e. The van der Waals surface area contributed by atoms with Crippen molar-refractivity contribution >= 4 is 5.91 Å². The summed E-state index contributed by atoms with van der Waals surface area (Å²) in [4.78, 5) is 14.8. The van der Waals surface area contributed by atoms with E-state index in [1.54, 1.807) is 0 Å². The Hall–Kier alpha value is -1.52. The summed E-state index contributed by atoms with van der Waals surface area (Å²) in [6.07, 6.45) is 12.1. The van der Waals surface area contributed by atoms with Crippen molar-refractivity contribution in [1.29, 1.82) is 0 Å². The molecule has 0 aromatic heterocycles. The first-order chi connectivity index (χ1) is 14.9. The summed E-state index contributed by atoms with van der Waals surface area (Å²) < 4.78 is 38.5. The number of carbonyl (C=O) groups is 1. The summed E-state index contributed by atoms with van der Waals surface area (Å²) in [7, 11) is 0. The highest BCUT2D eigenvalue weighted by Crippen LogP contribution is 2.29. The largest absolute Gasteiger partial charge is 0.416 e. The Labute approximate surface area is 187 Å². The van der Waals surface area contributed by atoms with E-state index in [4.69, 9.17) is 0 Å². The molecule has 31 heavy (non-hydrogen) atoms. The van der Waals surface area contributed by atoms with Crippen molar-refractivity contribution in [2.24, 2.45) is 0 Å². The third-order valence-corrected chi connectivity index (χ3v) is 5.81. The predicted octanol–water partition coefficient (Wildman–Crippen LogP) is 8.65. The second-order valence-electron chi connectivity index (χ2n) is 8.61. The van der Waals surface area contributed by atoms with Gasteiger partial charge in [0, 0.05) is 18.7 Å². The quantitative estimate of drug-likeness (QED) is 0.221. The number of hydrogen-bond acceptors (Lipinski definition) is 1. The molecular formula is C26H42F3NO. The zero-order valence-corrected chi connectivity index (χ0v) is 19.6. The maximum Gasteiger partial charge on any atom is 0.416 e. The van der Waals surface area contributed by atoms with Crippen molar-refractivity contribution in [2.45, 2.75) is 110 Å². The lowest BCUT2D eigenvalue weighted by Crippen LogP contribution is -2.33. The van der Waals surface area contributed by atoms with Crippen molar-refractivity contribution in [3.63, 3.8) is 0 Å². The minimum atomic E-state index is -4.38. The van der Waals surface area contributed by atoms with Gasteiger partial charge in [-0.05, 0) is 37.1 Å². The fraction of sp³-hybridized carbons (Fsp3) is 0.731. The van der Waals surface area contributed by atoms with Gasteiger partial charge in [0.2, 0.25) is 0 Å². The minimum Gasteiger partial charge on any atom is -0.339 e. The van der Waals surface area contributed by atoms with Crippen LogP contribution in [0.1, 0.15) is 120 Å².